The Hall–Kier alpha value is -1.27. The van der Waals surface area contributed by atoms with Gasteiger partial charge >= 0.3 is 0 Å². The van der Waals surface area contributed by atoms with Crippen LogP contribution >= 0.6 is 8.53 Å². The van der Waals surface area contributed by atoms with Crippen LogP contribution < -0.4 is 10.4 Å². The first kappa shape index (κ1) is 15.7. The summed E-state index contributed by atoms with van der Waals surface area (Å²) in [6.07, 6.45) is 0. The number of benzene rings is 1. The molecule has 1 unspecified atom stereocenters. The van der Waals surface area contributed by atoms with Crippen molar-refractivity contribution in [3.8, 4) is 12.3 Å². The van der Waals surface area contributed by atoms with Gasteiger partial charge in [-0.05, 0) is 12.1 Å². The maximum absolute atomic E-state index is 10.8. The summed E-state index contributed by atoms with van der Waals surface area (Å²) in [5.41, 5.74) is 4.86. The second-order valence-electron chi connectivity index (χ2n) is 2.38. The van der Waals surface area contributed by atoms with Crippen LogP contribution in [0.5, 0.6) is 5.75 Å². The summed E-state index contributed by atoms with van der Waals surface area (Å²) in [5, 5.41) is 6.50. The molecule has 8 nitrogen and oxygen atoms in total. The molecule has 0 heterocycles. The molecule has 0 radical (unpaired) electrons. The fourth-order valence-electron chi connectivity index (χ4n) is 0.810. The first-order valence-electron chi connectivity index (χ1n) is 3.82. The molecule has 0 saturated heterocycles. The van der Waals surface area contributed by atoms with E-state index in [1.165, 1.54) is 18.2 Å². The number of nitriles is 1. The van der Waals surface area contributed by atoms with E-state index in [0.29, 0.717) is 0 Å². The summed E-state index contributed by atoms with van der Waals surface area (Å²) in [6, 6.07) is 5.20. The van der Waals surface area contributed by atoms with E-state index in [2.05, 4.69) is 16.1 Å². The summed E-state index contributed by atoms with van der Waals surface area (Å²) in [7, 11) is -6.67. The van der Waals surface area contributed by atoms with Crippen molar-refractivity contribution in [3.63, 3.8) is 0 Å². The van der Waals surface area contributed by atoms with Crippen LogP contribution in [0.4, 0.5) is 0 Å². The van der Waals surface area contributed by atoms with E-state index >= 15 is 0 Å². The van der Waals surface area contributed by atoms with Crippen LogP contribution in [0.3, 0.4) is 0 Å². The highest BCUT2D eigenvalue weighted by Crippen LogP contribution is 2.27. The van der Waals surface area contributed by atoms with Crippen molar-refractivity contribution in [1.82, 2.24) is 0 Å². The molecule has 17 heavy (non-hydrogen) atoms. The topological polar surface area (TPSA) is 143 Å². The van der Waals surface area contributed by atoms with Gasteiger partial charge in [0.2, 0.25) is 0 Å². The minimum Gasteiger partial charge on any atom is -0.336 e. The van der Waals surface area contributed by atoms with Gasteiger partial charge in [0.05, 0.1) is 0 Å². The molecular weight excluding hydrogens is 271 g/mol. The van der Waals surface area contributed by atoms with Crippen LogP contribution in [0.15, 0.2) is 29.2 Å². The Balaban J connectivity index is 0.00000121. The molecule has 0 bridgehead atoms. The van der Waals surface area contributed by atoms with Crippen LogP contribution in [0.2, 0.25) is 0 Å². The van der Waals surface area contributed by atoms with Gasteiger partial charge in [0.1, 0.15) is 4.90 Å². The van der Waals surface area contributed by atoms with Crippen molar-refractivity contribution < 1.29 is 27.4 Å². The molecule has 1 aromatic carbocycles. The molecule has 10 heteroatoms. The molecule has 0 aliphatic carbocycles. The number of hydrogen-bond donors (Lipinski definition) is 3. The molecule has 0 saturated carbocycles. The van der Waals surface area contributed by atoms with Gasteiger partial charge in [0, 0.05) is 6.57 Å². The van der Waals surface area contributed by atoms with E-state index in [9.17, 15) is 8.42 Å². The van der Waals surface area contributed by atoms with E-state index in [0.717, 1.165) is 6.07 Å². The lowest BCUT2D eigenvalue weighted by Crippen LogP contribution is -2.04. The maximum Gasteiger partial charge on any atom is 0.298 e. The molecule has 0 aliphatic rings. The molecule has 4 N–H and O–H groups in total. The SMILES string of the molecule is C#N.NP(O)OOc1ccccc1S(=O)(=O)O. The highest BCUT2D eigenvalue weighted by Gasteiger charge is 2.17. The van der Waals surface area contributed by atoms with Crippen molar-refractivity contribution >= 4 is 18.6 Å². The summed E-state index contributed by atoms with van der Waals surface area (Å²) in [5.74, 6) is -0.257. The predicted molar refractivity (Wildman–Crippen MR) is 58.0 cm³/mol. The molecule has 0 aliphatic heterocycles. The van der Waals surface area contributed by atoms with Crippen LogP contribution in [-0.4, -0.2) is 17.9 Å². The maximum atomic E-state index is 10.8. The molecule has 0 fully saturated rings. The van der Waals surface area contributed by atoms with Gasteiger partial charge in [0.25, 0.3) is 18.6 Å². The zero-order chi connectivity index (χ0) is 13.5. The number of hydrogen-bond acceptors (Lipinski definition) is 7. The summed E-state index contributed by atoms with van der Waals surface area (Å²) < 4.78 is 34.6. The average molecular weight is 280 g/mol. The number of nitrogens with zero attached hydrogens (tertiary/aromatic N) is 1. The molecule has 0 amide bonds. The lowest BCUT2D eigenvalue weighted by Gasteiger charge is -2.07. The van der Waals surface area contributed by atoms with E-state index < -0.39 is 23.5 Å². The smallest absolute Gasteiger partial charge is 0.298 e. The second-order valence-corrected chi connectivity index (χ2v) is 4.53. The Kier molecular flexibility index (Phi) is 6.60. The Morgan fingerprint density at radius 3 is 2.35 bits per heavy atom. The van der Waals surface area contributed by atoms with Crippen molar-refractivity contribution in [2.45, 2.75) is 4.90 Å². The Labute approximate surface area is 98.8 Å². The number of para-hydroxylation sites is 1. The monoisotopic (exact) mass is 280 g/mol. The van der Waals surface area contributed by atoms with E-state index in [1.807, 2.05) is 0 Å². The summed E-state index contributed by atoms with van der Waals surface area (Å²) in [6.45, 7) is 3.50. The fraction of sp³-hybridized carbons (Fsp3) is 0. The highest BCUT2D eigenvalue weighted by atomic mass is 32.2. The van der Waals surface area contributed by atoms with Crippen molar-refractivity contribution in [1.29, 1.82) is 5.26 Å². The van der Waals surface area contributed by atoms with Gasteiger partial charge < -0.3 is 9.78 Å². The molecule has 94 valence electrons. The van der Waals surface area contributed by atoms with E-state index in [-0.39, 0.29) is 5.75 Å². The van der Waals surface area contributed by atoms with Crippen LogP contribution in [0, 0.1) is 11.8 Å². The van der Waals surface area contributed by atoms with Crippen LogP contribution in [-0.2, 0) is 14.8 Å². The lowest BCUT2D eigenvalue weighted by atomic mass is 10.3. The Morgan fingerprint density at radius 1 is 1.35 bits per heavy atom. The third kappa shape index (κ3) is 5.55. The number of nitrogens with two attached hydrogens (primary N) is 1. The van der Waals surface area contributed by atoms with Gasteiger partial charge in [0.15, 0.2) is 5.75 Å². The average Bonchev–Trinajstić information content (AvgIpc) is 2.28. The van der Waals surface area contributed by atoms with Crippen molar-refractivity contribution in [2.24, 2.45) is 5.50 Å². The minimum absolute atomic E-state index is 0.257. The third-order valence-corrected chi connectivity index (χ3v) is 2.45. The lowest BCUT2D eigenvalue weighted by molar-refractivity contribution is -0.101. The summed E-state index contributed by atoms with van der Waals surface area (Å²) >= 11 is 0. The first-order valence-corrected chi connectivity index (χ1v) is 6.54. The molecular formula is C7H9N2O6PS. The van der Waals surface area contributed by atoms with Gasteiger partial charge in [-0.2, -0.15) is 8.42 Å². The quantitative estimate of drug-likeness (QED) is 0.314. The van der Waals surface area contributed by atoms with Crippen molar-refractivity contribution in [3.05, 3.63) is 24.3 Å². The van der Waals surface area contributed by atoms with Gasteiger partial charge in [-0.1, -0.05) is 12.1 Å². The van der Waals surface area contributed by atoms with E-state index in [4.69, 9.17) is 20.2 Å². The van der Waals surface area contributed by atoms with Crippen LogP contribution in [0.1, 0.15) is 0 Å². The molecule has 0 spiro atoms. The third-order valence-electron chi connectivity index (χ3n) is 1.33. The predicted octanol–water partition coefficient (Wildman–Crippen LogP) is 0.561. The summed E-state index contributed by atoms with van der Waals surface area (Å²) in [4.78, 5) is 12.6. The first-order chi connectivity index (χ1) is 7.91. The molecule has 0 aromatic heterocycles. The fourth-order valence-corrected chi connectivity index (χ4v) is 1.57. The molecule has 1 aromatic rings. The van der Waals surface area contributed by atoms with Gasteiger partial charge in [-0.3, -0.25) is 10.1 Å². The largest absolute Gasteiger partial charge is 0.336 e. The van der Waals surface area contributed by atoms with E-state index in [1.54, 1.807) is 0 Å². The standard InChI is InChI=1S/C6H8NO6PS.CHN/c7-14(8)13-12-5-3-1-2-4-6(5)15(9,10)11;1-2/h1-4,8H,7H2,(H,9,10,11);1H. The van der Waals surface area contributed by atoms with Gasteiger partial charge in [-0.15, -0.1) is 4.67 Å². The zero-order valence-electron chi connectivity index (χ0n) is 8.29. The highest BCUT2D eigenvalue weighted by molar-refractivity contribution is 7.86. The molecule has 1 rings (SSSR count). The second kappa shape index (κ2) is 7.13. The molecule has 1 atom stereocenters. The Morgan fingerprint density at radius 2 is 1.88 bits per heavy atom. The Bertz CT molecular complexity index is 474. The van der Waals surface area contributed by atoms with Crippen molar-refractivity contribution in [2.75, 3.05) is 0 Å². The zero-order valence-corrected chi connectivity index (χ0v) is 10.0. The number of rotatable bonds is 4. The normalized spacial score (nSPS) is 12.1. The van der Waals surface area contributed by atoms with Gasteiger partial charge in [-0.25, -0.2) is 5.26 Å². The minimum atomic E-state index is -4.40. The van der Waals surface area contributed by atoms with Crippen LogP contribution in [0.25, 0.3) is 0 Å².